The number of likely N-dealkylation sites (N-methyl/N-ethyl adjacent to an activating group) is 1. The van der Waals surface area contributed by atoms with Crippen LogP contribution in [0.15, 0.2) is 42.5 Å². The molecular weight excluding hydrogens is 305 g/mol. The zero-order chi connectivity index (χ0) is 15.2. The first-order valence-electron chi connectivity index (χ1n) is 6.95. The second-order valence-electron chi connectivity index (χ2n) is 4.84. The highest BCUT2D eigenvalue weighted by Gasteiger charge is 2.13. The van der Waals surface area contributed by atoms with Crippen LogP contribution in [0.25, 0.3) is 0 Å². The predicted octanol–water partition coefficient (Wildman–Crippen LogP) is 4.90. The van der Waals surface area contributed by atoms with E-state index in [1.807, 2.05) is 30.3 Å². The van der Waals surface area contributed by atoms with Gasteiger partial charge in [-0.05, 0) is 48.4 Å². The molecule has 0 spiro atoms. The lowest BCUT2D eigenvalue weighted by atomic mass is 9.98. The number of ether oxygens (including phenoxy) is 1. The fourth-order valence-corrected chi connectivity index (χ4v) is 2.63. The van der Waals surface area contributed by atoms with Crippen molar-refractivity contribution in [2.45, 2.75) is 19.4 Å². The maximum absolute atomic E-state index is 6.13. The summed E-state index contributed by atoms with van der Waals surface area (Å²) in [6.45, 7) is 2.98. The third kappa shape index (κ3) is 4.37. The van der Waals surface area contributed by atoms with Gasteiger partial charge in [0.05, 0.1) is 17.2 Å². The largest absolute Gasteiger partial charge is 0.497 e. The van der Waals surface area contributed by atoms with E-state index < -0.39 is 0 Å². The number of hydrogen-bond donors (Lipinski definition) is 1. The van der Waals surface area contributed by atoms with Crippen LogP contribution in [0.1, 0.15) is 24.1 Å². The number of halogens is 2. The third-order valence-corrected chi connectivity index (χ3v) is 4.11. The molecule has 21 heavy (non-hydrogen) atoms. The quantitative estimate of drug-likeness (QED) is 0.816. The highest BCUT2D eigenvalue weighted by Crippen LogP contribution is 2.27. The van der Waals surface area contributed by atoms with E-state index in [0.29, 0.717) is 10.0 Å². The molecule has 0 aromatic heterocycles. The molecule has 2 rings (SSSR count). The van der Waals surface area contributed by atoms with E-state index in [1.54, 1.807) is 7.11 Å². The molecule has 0 aliphatic heterocycles. The predicted molar refractivity (Wildman–Crippen MR) is 89.6 cm³/mol. The molecule has 0 fully saturated rings. The second-order valence-corrected chi connectivity index (χ2v) is 5.65. The van der Waals surface area contributed by atoms with Gasteiger partial charge in [0.1, 0.15) is 5.75 Å². The summed E-state index contributed by atoms with van der Waals surface area (Å²) in [6.07, 6.45) is 0.864. The molecule has 2 aromatic carbocycles. The number of hydrogen-bond acceptors (Lipinski definition) is 2. The number of rotatable bonds is 6. The van der Waals surface area contributed by atoms with Crippen molar-refractivity contribution in [1.29, 1.82) is 0 Å². The van der Waals surface area contributed by atoms with Crippen molar-refractivity contribution in [3.05, 3.63) is 63.6 Å². The maximum atomic E-state index is 6.13. The van der Waals surface area contributed by atoms with Crippen molar-refractivity contribution in [1.82, 2.24) is 5.32 Å². The first-order valence-corrected chi connectivity index (χ1v) is 7.71. The van der Waals surface area contributed by atoms with E-state index in [4.69, 9.17) is 27.9 Å². The smallest absolute Gasteiger partial charge is 0.119 e. The minimum Gasteiger partial charge on any atom is -0.497 e. The Labute approximate surface area is 136 Å². The van der Waals surface area contributed by atoms with Crippen molar-refractivity contribution >= 4 is 23.2 Å². The molecule has 0 aliphatic rings. The summed E-state index contributed by atoms with van der Waals surface area (Å²) in [5.41, 5.74) is 2.35. The third-order valence-electron chi connectivity index (χ3n) is 3.37. The van der Waals surface area contributed by atoms with Crippen molar-refractivity contribution in [3.63, 3.8) is 0 Å². The molecule has 0 amide bonds. The lowest BCUT2D eigenvalue weighted by molar-refractivity contribution is 0.414. The summed E-state index contributed by atoms with van der Waals surface area (Å²) in [6, 6.07) is 14.1. The van der Waals surface area contributed by atoms with E-state index in [0.717, 1.165) is 24.3 Å². The van der Waals surface area contributed by atoms with Gasteiger partial charge in [0.15, 0.2) is 0 Å². The van der Waals surface area contributed by atoms with Crippen LogP contribution in [0.3, 0.4) is 0 Å². The molecule has 2 nitrogen and oxygen atoms in total. The van der Waals surface area contributed by atoms with Crippen molar-refractivity contribution in [2.75, 3.05) is 13.7 Å². The molecule has 0 bridgehead atoms. The summed E-state index contributed by atoms with van der Waals surface area (Å²) in [5.74, 6) is 0.872. The Kier molecular flexibility index (Phi) is 5.92. The highest BCUT2D eigenvalue weighted by atomic mass is 35.5. The van der Waals surface area contributed by atoms with E-state index in [9.17, 15) is 0 Å². The molecular formula is C17H19Cl2NO. The molecule has 1 unspecified atom stereocenters. The van der Waals surface area contributed by atoms with E-state index in [-0.39, 0.29) is 6.04 Å². The fraction of sp³-hybridized carbons (Fsp3) is 0.294. The van der Waals surface area contributed by atoms with Gasteiger partial charge in [0.25, 0.3) is 0 Å². The zero-order valence-corrected chi connectivity index (χ0v) is 13.7. The fourth-order valence-electron chi connectivity index (χ4n) is 2.32. The monoisotopic (exact) mass is 323 g/mol. The highest BCUT2D eigenvalue weighted by molar-refractivity contribution is 6.42. The first kappa shape index (κ1) is 16.2. The second kappa shape index (κ2) is 7.69. The van der Waals surface area contributed by atoms with Crippen LogP contribution >= 0.6 is 23.2 Å². The van der Waals surface area contributed by atoms with E-state index in [1.165, 1.54) is 5.56 Å². The summed E-state index contributed by atoms with van der Waals surface area (Å²) in [7, 11) is 1.68. The molecule has 1 atom stereocenters. The lowest BCUT2D eigenvalue weighted by Crippen LogP contribution is -2.23. The molecule has 0 heterocycles. The van der Waals surface area contributed by atoms with Crippen LogP contribution in [-0.2, 0) is 6.42 Å². The van der Waals surface area contributed by atoms with Crippen LogP contribution in [0.5, 0.6) is 5.75 Å². The Hall–Kier alpha value is -1.22. The first-order chi connectivity index (χ1) is 10.1. The normalized spacial score (nSPS) is 12.2. The van der Waals surface area contributed by atoms with Crippen molar-refractivity contribution in [2.24, 2.45) is 0 Å². The Morgan fingerprint density at radius 3 is 2.57 bits per heavy atom. The van der Waals surface area contributed by atoms with Crippen molar-refractivity contribution < 1.29 is 4.74 Å². The van der Waals surface area contributed by atoms with Gasteiger partial charge in [0, 0.05) is 6.04 Å². The molecule has 2 aromatic rings. The molecule has 0 saturated heterocycles. The van der Waals surface area contributed by atoms with Crippen LogP contribution in [-0.4, -0.2) is 13.7 Å². The Balaban J connectivity index is 2.23. The summed E-state index contributed by atoms with van der Waals surface area (Å²) in [4.78, 5) is 0. The maximum Gasteiger partial charge on any atom is 0.119 e. The SMILES string of the molecule is CCNC(Cc1cccc(OC)c1)c1ccc(Cl)c(Cl)c1. The molecule has 0 radical (unpaired) electrons. The number of benzene rings is 2. The Morgan fingerprint density at radius 2 is 1.90 bits per heavy atom. The number of methoxy groups -OCH3 is 1. The average molecular weight is 324 g/mol. The molecule has 0 saturated carbocycles. The van der Waals surface area contributed by atoms with Crippen molar-refractivity contribution in [3.8, 4) is 5.75 Å². The standard InChI is InChI=1S/C17H19Cl2NO/c1-3-20-17(13-7-8-15(18)16(19)11-13)10-12-5-4-6-14(9-12)21-2/h4-9,11,17,20H,3,10H2,1-2H3. The van der Waals surface area contributed by atoms with Gasteiger partial charge in [-0.3, -0.25) is 0 Å². The van der Waals surface area contributed by atoms with Gasteiger partial charge < -0.3 is 10.1 Å². The van der Waals surface area contributed by atoms with E-state index >= 15 is 0 Å². The van der Waals surface area contributed by atoms with E-state index in [2.05, 4.69) is 24.4 Å². The van der Waals surface area contributed by atoms with Gasteiger partial charge in [-0.15, -0.1) is 0 Å². The summed E-state index contributed by atoms with van der Waals surface area (Å²) >= 11 is 12.1. The minimum absolute atomic E-state index is 0.192. The minimum atomic E-state index is 0.192. The van der Waals surface area contributed by atoms with Gasteiger partial charge in [-0.1, -0.05) is 48.3 Å². The molecule has 4 heteroatoms. The van der Waals surface area contributed by atoms with Crippen LogP contribution in [0, 0.1) is 0 Å². The van der Waals surface area contributed by atoms with Gasteiger partial charge >= 0.3 is 0 Å². The molecule has 112 valence electrons. The van der Waals surface area contributed by atoms with Crippen LogP contribution < -0.4 is 10.1 Å². The zero-order valence-electron chi connectivity index (χ0n) is 12.2. The molecule has 0 aliphatic carbocycles. The Morgan fingerprint density at radius 1 is 1.10 bits per heavy atom. The summed E-state index contributed by atoms with van der Waals surface area (Å²) in [5, 5.41) is 4.66. The van der Waals surface area contributed by atoms with Gasteiger partial charge in [-0.25, -0.2) is 0 Å². The number of nitrogens with one attached hydrogen (secondary N) is 1. The lowest BCUT2D eigenvalue weighted by Gasteiger charge is -2.19. The average Bonchev–Trinajstić information content (AvgIpc) is 2.50. The van der Waals surface area contributed by atoms with Gasteiger partial charge in [-0.2, -0.15) is 0 Å². The summed E-state index contributed by atoms with van der Waals surface area (Å²) < 4.78 is 5.28. The Bertz CT molecular complexity index is 601. The van der Waals surface area contributed by atoms with Crippen LogP contribution in [0.2, 0.25) is 10.0 Å². The van der Waals surface area contributed by atoms with Gasteiger partial charge in [0.2, 0.25) is 0 Å². The molecule has 1 N–H and O–H groups in total. The van der Waals surface area contributed by atoms with Crippen LogP contribution in [0.4, 0.5) is 0 Å². The topological polar surface area (TPSA) is 21.3 Å².